The molecule has 1 amide bonds. The van der Waals surface area contributed by atoms with Gasteiger partial charge >= 0.3 is 0 Å². The Morgan fingerprint density at radius 1 is 1.10 bits per heavy atom. The van der Waals surface area contributed by atoms with Crippen molar-refractivity contribution in [1.29, 1.82) is 0 Å². The molecule has 7 nitrogen and oxygen atoms in total. The van der Waals surface area contributed by atoms with E-state index in [1.165, 1.54) is 11.6 Å². The number of aromatic hydroxyl groups is 2. The van der Waals surface area contributed by atoms with Crippen LogP contribution in [0.25, 0.3) is 11.0 Å². The van der Waals surface area contributed by atoms with Gasteiger partial charge in [-0.3, -0.25) is 14.5 Å². The first-order valence-corrected chi connectivity index (χ1v) is 10.5. The molecule has 1 aliphatic heterocycles. The number of hydrogen-bond acceptors (Lipinski definition) is 6. The van der Waals surface area contributed by atoms with Gasteiger partial charge in [0.25, 0.3) is 5.91 Å². The van der Waals surface area contributed by atoms with E-state index in [-0.39, 0.29) is 28.2 Å². The van der Waals surface area contributed by atoms with Gasteiger partial charge in [0.05, 0.1) is 0 Å². The summed E-state index contributed by atoms with van der Waals surface area (Å²) in [5.41, 5.74) is 0.766. The Bertz CT molecular complexity index is 1120. The maximum absolute atomic E-state index is 12.4. The van der Waals surface area contributed by atoms with Crippen LogP contribution in [0.3, 0.4) is 0 Å². The molecule has 2 heterocycles. The van der Waals surface area contributed by atoms with E-state index in [1.54, 1.807) is 0 Å². The smallest absolute Gasteiger partial charge is 0.287 e. The molecule has 2 aromatic carbocycles. The highest BCUT2D eigenvalue weighted by Crippen LogP contribution is 2.28. The van der Waals surface area contributed by atoms with Crippen LogP contribution in [0, 0.1) is 5.92 Å². The lowest BCUT2D eigenvalue weighted by atomic mass is 9.93. The highest BCUT2D eigenvalue weighted by atomic mass is 16.3. The largest absolute Gasteiger partial charge is 0.508 e. The first-order valence-electron chi connectivity index (χ1n) is 10.5. The fourth-order valence-corrected chi connectivity index (χ4v) is 4.12. The molecule has 0 bridgehead atoms. The molecule has 1 saturated heterocycles. The van der Waals surface area contributed by atoms with Gasteiger partial charge in [0.1, 0.15) is 22.5 Å². The number of rotatable bonds is 6. The van der Waals surface area contributed by atoms with Gasteiger partial charge in [0.15, 0.2) is 11.2 Å². The second-order valence-electron chi connectivity index (χ2n) is 8.06. The van der Waals surface area contributed by atoms with E-state index in [4.69, 9.17) is 4.42 Å². The van der Waals surface area contributed by atoms with Crippen molar-refractivity contribution >= 4 is 16.9 Å². The Morgan fingerprint density at radius 3 is 2.58 bits per heavy atom. The van der Waals surface area contributed by atoms with Gasteiger partial charge in [0.2, 0.25) is 0 Å². The molecule has 0 spiro atoms. The third-order valence-electron chi connectivity index (χ3n) is 5.81. The Hall–Kier alpha value is -3.32. The molecule has 0 saturated carbocycles. The molecule has 0 atom stereocenters. The van der Waals surface area contributed by atoms with E-state index in [1.807, 2.05) is 6.07 Å². The Balaban J connectivity index is 1.28. The van der Waals surface area contributed by atoms with E-state index in [2.05, 4.69) is 34.5 Å². The topological polar surface area (TPSA) is 103 Å². The molecule has 0 unspecified atom stereocenters. The molecular weight excluding hydrogens is 396 g/mol. The number of piperidine rings is 1. The fraction of sp³-hybridized carbons (Fsp3) is 0.333. The molecule has 4 rings (SSSR count). The Labute approximate surface area is 179 Å². The third kappa shape index (κ3) is 5.06. The molecule has 162 valence electrons. The van der Waals surface area contributed by atoms with Crippen LogP contribution in [0.2, 0.25) is 0 Å². The number of hydrogen-bond donors (Lipinski definition) is 3. The van der Waals surface area contributed by atoms with Gasteiger partial charge in [-0.15, -0.1) is 0 Å². The van der Waals surface area contributed by atoms with Crippen molar-refractivity contribution in [2.45, 2.75) is 25.8 Å². The van der Waals surface area contributed by atoms with Gasteiger partial charge in [0, 0.05) is 31.3 Å². The summed E-state index contributed by atoms with van der Waals surface area (Å²) in [5.74, 6) is -0.702. The zero-order chi connectivity index (χ0) is 21.8. The van der Waals surface area contributed by atoms with Crippen LogP contribution < -0.4 is 10.7 Å². The van der Waals surface area contributed by atoms with Crippen LogP contribution in [0.5, 0.6) is 11.5 Å². The summed E-state index contributed by atoms with van der Waals surface area (Å²) in [6, 6.07) is 13.8. The predicted molar refractivity (Wildman–Crippen MR) is 117 cm³/mol. The van der Waals surface area contributed by atoms with Crippen LogP contribution in [0.4, 0.5) is 0 Å². The summed E-state index contributed by atoms with van der Waals surface area (Å²) in [6.45, 7) is 3.55. The van der Waals surface area contributed by atoms with Crippen molar-refractivity contribution in [1.82, 2.24) is 10.2 Å². The summed E-state index contributed by atoms with van der Waals surface area (Å²) in [5, 5.41) is 22.2. The normalized spacial score (nSPS) is 15.2. The van der Waals surface area contributed by atoms with E-state index in [9.17, 15) is 19.8 Å². The molecule has 1 aromatic heterocycles. The Morgan fingerprint density at radius 2 is 1.84 bits per heavy atom. The van der Waals surface area contributed by atoms with E-state index < -0.39 is 11.3 Å². The molecule has 1 aliphatic rings. The number of phenols is 2. The second-order valence-corrected chi connectivity index (χ2v) is 8.06. The number of phenolic OH excluding ortho intramolecular Hbond substituents is 2. The molecule has 3 N–H and O–H groups in total. The number of fused-ring (bicyclic) bond motifs is 1. The molecule has 0 aliphatic carbocycles. The maximum atomic E-state index is 12.4. The third-order valence-corrected chi connectivity index (χ3v) is 5.81. The first-order chi connectivity index (χ1) is 15.0. The number of nitrogens with zero attached hydrogens (tertiary/aromatic N) is 1. The zero-order valence-electron chi connectivity index (χ0n) is 17.2. The summed E-state index contributed by atoms with van der Waals surface area (Å²) in [6.07, 6.45) is 3.04. The van der Waals surface area contributed by atoms with Gasteiger partial charge in [-0.2, -0.15) is 0 Å². The number of amides is 1. The van der Waals surface area contributed by atoms with Crippen molar-refractivity contribution in [3.63, 3.8) is 0 Å². The molecular formula is C24H26N2O5. The Kier molecular flexibility index (Phi) is 6.23. The van der Waals surface area contributed by atoms with Crippen LogP contribution in [-0.2, 0) is 6.54 Å². The molecule has 0 radical (unpaired) electrons. The summed E-state index contributed by atoms with van der Waals surface area (Å²) < 4.78 is 5.44. The van der Waals surface area contributed by atoms with Crippen molar-refractivity contribution in [3.8, 4) is 11.5 Å². The monoisotopic (exact) mass is 422 g/mol. The average Bonchev–Trinajstić information content (AvgIpc) is 2.75. The summed E-state index contributed by atoms with van der Waals surface area (Å²) in [7, 11) is 0. The van der Waals surface area contributed by atoms with Gasteiger partial charge in [-0.05, 0) is 43.8 Å². The first kappa shape index (κ1) is 20.9. The summed E-state index contributed by atoms with van der Waals surface area (Å²) >= 11 is 0. The summed E-state index contributed by atoms with van der Waals surface area (Å²) in [4.78, 5) is 27.1. The van der Waals surface area contributed by atoms with Crippen LogP contribution in [0.15, 0.2) is 57.7 Å². The number of nitrogens with one attached hydrogen (secondary N) is 1. The highest BCUT2D eigenvalue weighted by Gasteiger charge is 2.20. The minimum atomic E-state index is -0.533. The van der Waals surface area contributed by atoms with Crippen LogP contribution in [0.1, 0.15) is 35.4 Å². The van der Waals surface area contributed by atoms with Crippen molar-refractivity contribution in [2.75, 3.05) is 19.6 Å². The number of benzene rings is 2. The SMILES string of the molecule is O=C(NCCC1CCN(Cc2ccccc2)CC1)c1cc(=O)c2c(O)cc(O)cc2o1. The van der Waals surface area contributed by atoms with Crippen LogP contribution in [-0.4, -0.2) is 40.7 Å². The number of carbonyl (C=O) groups excluding carboxylic acids is 1. The quantitative estimate of drug-likeness (QED) is 0.564. The molecule has 1 fully saturated rings. The van der Waals surface area contributed by atoms with Gasteiger partial charge in [-0.1, -0.05) is 30.3 Å². The van der Waals surface area contributed by atoms with Crippen LogP contribution >= 0.6 is 0 Å². The number of carbonyl (C=O) groups is 1. The van der Waals surface area contributed by atoms with E-state index in [0.717, 1.165) is 51.0 Å². The standard InChI is InChI=1S/C24H26N2O5/c27-18-12-19(28)23-20(29)14-22(31-21(23)13-18)24(30)25-9-6-16-7-10-26(11-8-16)15-17-4-2-1-3-5-17/h1-5,12-14,16,27-28H,6-11,15H2,(H,25,30). The lowest BCUT2D eigenvalue weighted by Gasteiger charge is -2.32. The average molecular weight is 422 g/mol. The van der Waals surface area contributed by atoms with Gasteiger partial charge < -0.3 is 19.9 Å². The molecule has 31 heavy (non-hydrogen) atoms. The van der Waals surface area contributed by atoms with E-state index in [0.29, 0.717) is 12.5 Å². The highest BCUT2D eigenvalue weighted by molar-refractivity contribution is 5.94. The number of likely N-dealkylation sites (tertiary alicyclic amines) is 1. The lowest BCUT2D eigenvalue weighted by molar-refractivity contribution is 0.0920. The maximum Gasteiger partial charge on any atom is 0.287 e. The lowest BCUT2D eigenvalue weighted by Crippen LogP contribution is -2.35. The zero-order valence-corrected chi connectivity index (χ0v) is 17.2. The molecule has 3 aromatic rings. The van der Waals surface area contributed by atoms with E-state index >= 15 is 0 Å². The van der Waals surface area contributed by atoms with Crippen molar-refractivity contribution < 1.29 is 19.4 Å². The second kappa shape index (κ2) is 9.22. The minimum Gasteiger partial charge on any atom is -0.508 e. The van der Waals surface area contributed by atoms with Gasteiger partial charge in [-0.25, -0.2) is 0 Å². The fourth-order valence-electron chi connectivity index (χ4n) is 4.12. The van der Waals surface area contributed by atoms with Crippen molar-refractivity contribution in [2.24, 2.45) is 5.92 Å². The minimum absolute atomic E-state index is 0.0269. The van der Waals surface area contributed by atoms with Crippen molar-refractivity contribution in [3.05, 3.63) is 70.1 Å². The predicted octanol–water partition coefficient (Wildman–Crippen LogP) is 3.24. The molecule has 7 heteroatoms.